The van der Waals surface area contributed by atoms with Crippen LogP contribution in [0.4, 0.5) is 0 Å². The van der Waals surface area contributed by atoms with E-state index in [1.54, 1.807) is 0 Å². The summed E-state index contributed by atoms with van der Waals surface area (Å²) in [6.07, 6.45) is 29.6. The molecule has 10 heteroatoms. The second-order valence-corrected chi connectivity index (χ2v) is 15.7. The van der Waals surface area contributed by atoms with Gasteiger partial charge in [-0.1, -0.05) is 129 Å². The molecule has 0 aliphatic rings. The minimum absolute atomic E-state index is 0.0309. The van der Waals surface area contributed by atoms with Crippen LogP contribution in [-0.4, -0.2) is 70.0 Å². The average Bonchev–Trinajstić information content (AvgIpc) is 3.02. The number of phosphoric ester groups is 1. The molecule has 2 atom stereocenters. The van der Waals surface area contributed by atoms with Crippen LogP contribution < -0.4 is 4.89 Å². The molecular formula is C38H74NO8P. The first-order chi connectivity index (χ1) is 23.0. The summed E-state index contributed by atoms with van der Waals surface area (Å²) in [5, 5.41) is 0. The second kappa shape index (κ2) is 31.7. The number of quaternary nitrogens is 1. The minimum Gasteiger partial charge on any atom is -0.756 e. The predicted molar refractivity (Wildman–Crippen MR) is 195 cm³/mol. The molecule has 0 N–H and O–H groups in total. The fourth-order valence-electron chi connectivity index (χ4n) is 5.18. The van der Waals surface area contributed by atoms with E-state index in [-0.39, 0.29) is 32.0 Å². The van der Waals surface area contributed by atoms with Crippen LogP contribution in [0.1, 0.15) is 168 Å². The quantitative estimate of drug-likeness (QED) is 0.0211. The Morgan fingerprint density at radius 1 is 0.625 bits per heavy atom. The molecule has 0 aromatic carbocycles. The maximum absolute atomic E-state index is 12.6. The third-order valence-corrected chi connectivity index (χ3v) is 9.25. The number of esters is 2. The molecule has 0 spiro atoms. The third-order valence-electron chi connectivity index (χ3n) is 8.29. The Kier molecular flexibility index (Phi) is 30.9. The summed E-state index contributed by atoms with van der Waals surface area (Å²) < 4.78 is 33.7. The lowest BCUT2D eigenvalue weighted by atomic mass is 10.1. The Hall–Kier alpha value is -1.25. The molecule has 0 amide bonds. The van der Waals surface area contributed by atoms with Gasteiger partial charge in [-0.25, -0.2) is 0 Å². The topological polar surface area (TPSA) is 111 Å². The minimum atomic E-state index is -4.61. The van der Waals surface area contributed by atoms with E-state index in [1.807, 2.05) is 21.1 Å². The summed E-state index contributed by atoms with van der Waals surface area (Å²) in [7, 11) is 1.16. The van der Waals surface area contributed by atoms with E-state index < -0.39 is 26.5 Å². The van der Waals surface area contributed by atoms with E-state index in [2.05, 4.69) is 26.0 Å². The molecule has 0 fully saturated rings. The number of carbonyl (C=O) groups is 2. The molecule has 1 unspecified atom stereocenters. The summed E-state index contributed by atoms with van der Waals surface area (Å²) in [5.74, 6) is -0.852. The fourth-order valence-corrected chi connectivity index (χ4v) is 5.91. The highest BCUT2D eigenvalue weighted by Crippen LogP contribution is 2.38. The van der Waals surface area contributed by atoms with Crippen molar-refractivity contribution < 1.29 is 42.1 Å². The fraction of sp³-hybridized carbons (Fsp3) is 0.895. The van der Waals surface area contributed by atoms with Crippen molar-refractivity contribution >= 4 is 19.8 Å². The van der Waals surface area contributed by atoms with Crippen LogP contribution in [-0.2, 0) is 32.7 Å². The van der Waals surface area contributed by atoms with Crippen molar-refractivity contribution in [1.29, 1.82) is 0 Å². The molecular weight excluding hydrogens is 629 g/mol. The van der Waals surface area contributed by atoms with Gasteiger partial charge < -0.3 is 27.9 Å². The van der Waals surface area contributed by atoms with Gasteiger partial charge in [0.2, 0.25) is 0 Å². The zero-order valence-electron chi connectivity index (χ0n) is 31.7. The number of carbonyl (C=O) groups excluding carboxylic acids is 2. The number of allylic oxidation sites excluding steroid dienone is 2. The molecule has 284 valence electrons. The molecule has 0 bridgehead atoms. The highest BCUT2D eigenvalue weighted by atomic mass is 31.2. The van der Waals surface area contributed by atoms with Crippen LogP contribution in [0.25, 0.3) is 0 Å². The van der Waals surface area contributed by atoms with Gasteiger partial charge in [-0.15, -0.1) is 0 Å². The van der Waals surface area contributed by atoms with E-state index in [1.165, 1.54) is 89.9 Å². The number of ether oxygens (including phenoxy) is 2. The molecule has 0 rings (SSSR count). The summed E-state index contributed by atoms with van der Waals surface area (Å²) in [6.45, 7) is 4.18. The lowest BCUT2D eigenvalue weighted by Gasteiger charge is -2.28. The van der Waals surface area contributed by atoms with Gasteiger partial charge in [0.1, 0.15) is 19.8 Å². The van der Waals surface area contributed by atoms with E-state index in [0.717, 1.165) is 44.9 Å². The van der Waals surface area contributed by atoms with Gasteiger partial charge in [0.25, 0.3) is 7.82 Å². The van der Waals surface area contributed by atoms with Gasteiger partial charge in [0.05, 0.1) is 27.7 Å². The summed E-state index contributed by atoms with van der Waals surface area (Å²) in [6, 6.07) is 0. The lowest BCUT2D eigenvalue weighted by Crippen LogP contribution is -2.37. The van der Waals surface area contributed by atoms with E-state index in [0.29, 0.717) is 17.4 Å². The van der Waals surface area contributed by atoms with Crippen molar-refractivity contribution in [3.63, 3.8) is 0 Å². The van der Waals surface area contributed by atoms with Crippen molar-refractivity contribution in [2.24, 2.45) is 0 Å². The first-order valence-corrected chi connectivity index (χ1v) is 20.9. The van der Waals surface area contributed by atoms with Gasteiger partial charge in [-0.2, -0.15) is 0 Å². The molecule has 48 heavy (non-hydrogen) atoms. The average molecular weight is 704 g/mol. The number of hydrogen-bond acceptors (Lipinski definition) is 8. The van der Waals surface area contributed by atoms with Gasteiger partial charge in [-0.05, 0) is 38.5 Å². The zero-order chi connectivity index (χ0) is 35.8. The first kappa shape index (κ1) is 46.8. The van der Waals surface area contributed by atoms with Crippen LogP contribution in [0, 0.1) is 0 Å². The number of hydrogen-bond donors (Lipinski definition) is 0. The number of unbranched alkanes of at least 4 members (excludes halogenated alkanes) is 19. The Bertz CT molecular complexity index is 845. The van der Waals surface area contributed by atoms with E-state index >= 15 is 0 Å². The van der Waals surface area contributed by atoms with Crippen LogP contribution in [0.2, 0.25) is 0 Å². The Morgan fingerprint density at radius 2 is 1.06 bits per heavy atom. The van der Waals surface area contributed by atoms with Crippen molar-refractivity contribution in [2.75, 3.05) is 47.5 Å². The predicted octanol–water partition coefficient (Wildman–Crippen LogP) is 9.61. The molecule has 0 aliphatic heterocycles. The number of nitrogens with zero attached hydrogens (tertiary/aromatic N) is 1. The van der Waals surface area contributed by atoms with Crippen LogP contribution in [0.3, 0.4) is 0 Å². The van der Waals surface area contributed by atoms with Gasteiger partial charge >= 0.3 is 11.9 Å². The number of likely N-dealkylation sites (N-methyl/N-ethyl adjacent to an activating group) is 1. The molecule has 0 radical (unpaired) electrons. The molecule has 9 nitrogen and oxygen atoms in total. The Labute approximate surface area is 295 Å². The molecule has 0 aromatic heterocycles. The number of phosphoric acid groups is 1. The molecule has 0 saturated heterocycles. The first-order valence-electron chi connectivity index (χ1n) is 19.4. The number of rotatable bonds is 35. The molecule has 0 saturated carbocycles. The lowest BCUT2D eigenvalue weighted by molar-refractivity contribution is -0.870. The summed E-state index contributed by atoms with van der Waals surface area (Å²) in [5.41, 5.74) is 0. The highest BCUT2D eigenvalue weighted by Gasteiger charge is 2.21. The van der Waals surface area contributed by atoms with E-state index in [9.17, 15) is 19.0 Å². The maximum atomic E-state index is 12.6. The van der Waals surface area contributed by atoms with E-state index in [4.69, 9.17) is 18.5 Å². The molecule has 0 heterocycles. The van der Waals surface area contributed by atoms with Crippen molar-refractivity contribution in [2.45, 2.75) is 174 Å². The second-order valence-electron chi connectivity index (χ2n) is 14.3. The van der Waals surface area contributed by atoms with Gasteiger partial charge in [0, 0.05) is 12.8 Å². The van der Waals surface area contributed by atoms with Gasteiger partial charge in [0.15, 0.2) is 6.10 Å². The molecule has 0 aromatic rings. The highest BCUT2D eigenvalue weighted by molar-refractivity contribution is 7.45. The SMILES string of the molecule is CCCCCCCCCC/C=C/CCCCCC(=O)O[C@H](COC(=O)CCCCCCCCCCC)COP(=O)([O-])OCC[N+](C)(C)C. The Balaban J connectivity index is 4.43. The van der Waals surface area contributed by atoms with Crippen molar-refractivity contribution in [3.05, 3.63) is 12.2 Å². The normalized spacial score (nSPS) is 13.9. The van der Waals surface area contributed by atoms with Crippen LogP contribution in [0.15, 0.2) is 12.2 Å². The van der Waals surface area contributed by atoms with Crippen molar-refractivity contribution in [3.8, 4) is 0 Å². The smallest absolute Gasteiger partial charge is 0.306 e. The van der Waals surface area contributed by atoms with Gasteiger partial charge in [-0.3, -0.25) is 14.2 Å². The van der Waals surface area contributed by atoms with Crippen LogP contribution >= 0.6 is 7.82 Å². The summed E-state index contributed by atoms with van der Waals surface area (Å²) in [4.78, 5) is 37.2. The largest absolute Gasteiger partial charge is 0.756 e. The molecule has 0 aliphatic carbocycles. The summed E-state index contributed by atoms with van der Waals surface area (Å²) >= 11 is 0. The maximum Gasteiger partial charge on any atom is 0.306 e. The zero-order valence-corrected chi connectivity index (χ0v) is 32.6. The standard InChI is InChI=1S/C38H74NO8P/c1-6-8-10-12-14-16-17-18-19-20-21-23-25-27-29-31-38(41)47-36(35-46-48(42,43)45-33-32-39(3,4)5)34-44-37(40)30-28-26-24-22-15-13-11-9-7-2/h20-21,36H,6-19,22-35H2,1-5H3/b21-20+/t36-/m1/s1. The monoisotopic (exact) mass is 704 g/mol. The third kappa shape index (κ3) is 34.6. The van der Waals surface area contributed by atoms with Crippen LogP contribution in [0.5, 0.6) is 0 Å². The van der Waals surface area contributed by atoms with Crippen molar-refractivity contribution in [1.82, 2.24) is 0 Å². The Morgan fingerprint density at radius 3 is 1.56 bits per heavy atom.